The van der Waals surface area contributed by atoms with Crippen LogP contribution in [0.1, 0.15) is 10.4 Å². The molecule has 0 bridgehead atoms. The normalized spacial score (nSPS) is 12.3. The highest BCUT2D eigenvalue weighted by Gasteiger charge is 2.18. The SMILES string of the molecule is C1=Cc2sc3ccc(N(c4ccc(-c5ccccc5)cc4)c4ccc5cc(-c6ccccc6)ccc5c4)cc3c2CN1. The molecule has 2 nitrogen and oxygen atoms in total. The summed E-state index contributed by atoms with van der Waals surface area (Å²) in [6.45, 7) is 0.862. The molecular formula is C39H28N2S. The largest absolute Gasteiger partial charge is 0.387 e. The van der Waals surface area contributed by atoms with Crippen LogP contribution in [0.25, 0.3) is 49.2 Å². The Hall–Kier alpha value is -5.12. The van der Waals surface area contributed by atoms with Crippen molar-refractivity contribution in [3.05, 3.63) is 156 Å². The third kappa shape index (κ3) is 4.45. The van der Waals surface area contributed by atoms with E-state index in [1.807, 2.05) is 11.3 Å². The van der Waals surface area contributed by atoms with E-state index in [0.717, 1.165) is 23.6 Å². The first kappa shape index (κ1) is 24.7. The van der Waals surface area contributed by atoms with E-state index in [9.17, 15) is 0 Å². The van der Waals surface area contributed by atoms with Crippen LogP contribution >= 0.6 is 11.3 Å². The van der Waals surface area contributed by atoms with Gasteiger partial charge in [-0.1, -0.05) is 91.0 Å². The minimum atomic E-state index is 0.862. The van der Waals surface area contributed by atoms with Crippen LogP contribution in [-0.2, 0) is 6.54 Å². The van der Waals surface area contributed by atoms with E-state index in [0.29, 0.717) is 0 Å². The van der Waals surface area contributed by atoms with Gasteiger partial charge in [0.25, 0.3) is 0 Å². The van der Waals surface area contributed by atoms with Gasteiger partial charge in [0.15, 0.2) is 0 Å². The molecule has 0 saturated heterocycles. The number of hydrogen-bond donors (Lipinski definition) is 1. The maximum atomic E-state index is 3.40. The predicted octanol–water partition coefficient (Wildman–Crippen LogP) is 10.9. The molecule has 0 atom stereocenters. The number of anilines is 3. The summed E-state index contributed by atoms with van der Waals surface area (Å²) in [6.07, 6.45) is 4.24. The van der Waals surface area contributed by atoms with Gasteiger partial charge in [0.05, 0.1) is 0 Å². The topological polar surface area (TPSA) is 15.3 Å². The molecule has 0 aliphatic carbocycles. The quantitative estimate of drug-likeness (QED) is 0.227. The van der Waals surface area contributed by atoms with Crippen molar-refractivity contribution < 1.29 is 0 Å². The van der Waals surface area contributed by atoms with Gasteiger partial charge in [-0.05, 0) is 99.4 Å². The maximum Gasteiger partial charge on any atom is 0.0468 e. The average molecular weight is 557 g/mol. The number of rotatable bonds is 5. The van der Waals surface area contributed by atoms with Gasteiger partial charge in [0.2, 0.25) is 0 Å². The predicted molar refractivity (Wildman–Crippen MR) is 181 cm³/mol. The second-order valence-electron chi connectivity index (χ2n) is 10.7. The first-order valence-electron chi connectivity index (χ1n) is 14.3. The molecule has 0 amide bonds. The molecule has 0 unspecified atom stereocenters. The minimum Gasteiger partial charge on any atom is -0.387 e. The monoisotopic (exact) mass is 556 g/mol. The summed E-state index contributed by atoms with van der Waals surface area (Å²) in [7, 11) is 0. The van der Waals surface area contributed by atoms with E-state index in [4.69, 9.17) is 0 Å². The van der Waals surface area contributed by atoms with E-state index < -0.39 is 0 Å². The molecule has 0 radical (unpaired) electrons. The summed E-state index contributed by atoms with van der Waals surface area (Å²) in [5.41, 5.74) is 9.73. The molecule has 0 saturated carbocycles. The minimum absolute atomic E-state index is 0.862. The zero-order chi connectivity index (χ0) is 27.9. The fraction of sp³-hybridized carbons (Fsp3) is 0.0256. The molecule has 1 N–H and O–H groups in total. The highest BCUT2D eigenvalue weighted by Crippen LogP contribution is 2.41. The molecule has 0 fully saturated rings. The van der Waals surface area contributed by atoms with Crippen LogP contribution in [0.4, 0.5) is 17.1 Å². The van der Waals surface area contributed by atoms with Gasteiger partial charge >= 0.3 is 0 Å². The maximum absolute atomic E-state index is 3.40. The molecule has 2 heterocycles. The summed E-state index contributed by atoms with van der Waals surface area (Å²) < 4.78 is 1.32. The number of thiophene rings is 1. The third-order valence-corrected chi connectivity index (χ3v) is 9.30. The van der Waals surface area contributed by atoms with Crippen LogP contribution in [0.15, 0.2) is 146 Å². The molecule has 42 heavy (non-hydrogen) atoms. The van der Waals surface area contributed by atoms with Crippen molar-refractivity contribution in [1.29, 1.82) is 0 Å². The summed E-state index contributed by atoms with van der Waals surface area (Å²) in [6, 6.07) is 50.6. The molecule has 1 aliphatic heterocycles. The Morgan fingerprint density at radius 1 is 0.524 bits per heavy atom. The lowest BCUT2D eigenvalue weighted by atomic mass is 10.0. The Morgan fingerprint density at radius 2 is 1.12 bits per heavy atom. The van der Waals surface area contributed by atoms with Crippen molar-refractivity contribution in [2.24, 2.45) is 0 Å². The smallest absolute Gasteiger partial charge is 0.0468 e. The zero-order valence-corrected chi connectivity index (χ0v) is 23.8. The van der Waals surface area contributed by atoms with Crippen LogP contribution in [0.3, 0.4) is 0 Å². The van der Waals surface area contributed by atoms with Crippen molar-refractivity contribution in [3.8, 4) is 22.3 Å². The van der Waals surface area contributed by atoms with Crippen molar-refractivity contribution >= 4 is 55.3 Å². The summed E-state index contributed by atoms with van der Waals surface area (Å²) >= 11 is 1.87. The highest BCUT2D eigenvalue weighted by atomic mass is 32.1. The summed E-state index contributed by atoms with van der Waals surface area (Å²) in [5.74, 6) is 0. The number of nitrogens with one attached hydrogen (secondary N) is 1. The van der Waals surface area contributed by atoms with Gasteiger partial charge in [-0.25, -0.2) is 0 Å². The Labute approximate surface area is 249 Å². The Bertz CT molecular complexity index is 2070. The first-order valence-corrected chi connectivity index (χ1v) is 15.1. The molecule has 0 spiro atoms. The number of benzene rings is 6. The van der Waals surface area contributed by atoms with Crippen LogP contribution in [0.5, 0.6) is 0 Å². The molecule has 200 valence electrons. The molecule has 3 heteroatoms. The summed E-state index contributed by atoms with van der Waals surface area (Å²) in [5, 5.41) is 7.18. The average Bonchev–Trinajstić information content (AvgIpc) is 3.44. The van der Waals surface area contributed by atoms with Gasteiger partial charge < -0.3 is 10.2 Å². The number of fused-ring (bicyclic) bond motifs is 4. The molecule has 8 rings (SSSR count). The molecule has 1 aromatic heterocycles. The van der Waals surface area contributed by atoms with Gasteiger partial charge in [0, 0.05) is 38.6 Å². The van der Waals surface area contributed by atoms with E-state index in [1.165, 1.54) is 53.6 Å². The fourth-order valence-corrected chi connectivity index (χ4v) is 7.08. The van der Waals surface area contributed by atoms with Crippen LogP contribution in [0, 0.1) is 0 Å². The van der Waals surface area contributed by atoms with Gasteiger partial charge in [-0.15, -0.1) is 11.3 Å². The van der Waals surface area contributed by atoms with E-state index in [-0.39, 0.29) is 0 Å². The molecular weight excluding hydrogens is 529 g/mol. The highest BCUT2D eigenvalue weighted by molar-refractivity contribution is 7.20. The van der Waals surface area contributed by atoms with Crippen molar-refractivity contribution in [1.82, 2.24) is 5.32 Å². The third-order valence-electron chi connectivity index (χ3n) is 8.12. The number of hydrogen-bond acceptors (Lipinski definition) is 3. The summed E-state index contributed by atoms with van der Waals surface area (Å²) in [4.78, 5) is 3.73. The molecule has 1 aliphatic rings. The zero-order valence-electron chi connectivity index (χ0n) is 23.0. The van der Waals surface area contributed by atoms with Crippen LogP contribution in [0.2, 0.25) is 0 Å². The van der Waals surface area contributed by atoms with E-state index >= 15 is 0 Å². The Kier molecular flexibility index (Phi) is 6.09. The van der Waals surface area contributed by atoms with Gasteiger partial charge in [-0.3, -0.25) is 0 Å². The lowest BCUT2D eigenvalue weighted by Gasteiger charge is -2.26. The van der Waals surface area contributed by atoms with Crippen molar-refractivity contribution in [3.63, 3.8) is 0 Å². The second-order valence-corrected chi connectivity index (χ2v) is 11.8. The lowest BCUT2D eigenvalue weighted by Crippen LogP contribution is -2.10. The van der Waals surface area contributed by atoms with Crippen LogP contribution < -0.4 is 10.2 Å². The second kappa shape index (κ2) is 10.4. The Morgan fingerprint density at radius 3 is 1.90 bits per heavy atom. The fourth-order valence-electron chi connectivity index (χ4n) is 5.97. The van der Waals surface area contributed by atoms with E-state index in [2.05, 4.69) is 162 Å². The van der Waals surface area contributed by atoms with Gasteiger partial charge in [-0.2, -0.15) is 0 Å². The van der Waals surface area contributed by atoms with E-state index in [1.54, 1.807) is 0 Å². The van der Waals surface area contributed by atoms with Gasteiger partial charge in [0.1, 0.15) is 0 Å². The van der Waals surface area contributed by atoms with Crippen molar-refractivity contribution in [2.45, 2.75) is 6.54 Å². The van der Waals surface area contributed by atoms with Crippen molar-refractivity contribution in [2.75, 3.05) is 4.90 Å². The Balaban J connectivity index is 1.25. The molecule has 7 aromatic rings. The molecule has 6 aromatic carbocycles. The van der Waals surface area contributed by atoms with Crippen LogP contribution in [-0.4, -0.2) is 0 Å². The lowest BCUT2D eigenvalue weighted by molar-refractivity contribution is 0.871. The first-order chi connectivity index (χ1) is 20.8. The standard InChI is InChI=1S/C39H28N2S/c1-3-7-27(8-4-1)29-13-16-33(17-14-29)41(35-19-20-38-36(25-35)37-26-40-22-21-39(37)42-38)34-18-15-31-23-30(11-12-32(31)24-34)28-9-5-2-6-10-28/h1-25,40H,26H2. The number of nitrogens with zero attached hydrogens (tertiary/aromatic N) is 1.